The molecule has 0 spiro atoms. The minimum Gasteiger partial charge on any atom is -0.461 e. The highest BCUT2D eigenvalue weighted by Crippen LogP contribution is 2.34. The van der Waals surface area contributed by atoms with Crippen molar-refractivity contribution in [2.45, 2.75) is 92.8 Å². The lowest BCUT2D eigenvalue weighted by atomic mass is 9.88. The average molecular weight is 856 g/mol. The summed E-state index contributed by atoms with van der Waals surface area (Å²) in [5.41, 5.74) is 5.50. The van der Waals surface area contributed by atoms with Gasteiger partial charge in [0.25, 0.3) is 17.7 Å². The van der Waals surface area contributed by atoms with Gasteiger partial charge in [0, 0.05) is 79.0 Å². The molecule has 19 heteroatoms. The van der Waals surface area contributed by atoms with Gasteiger partial charge in [0.15, 0.2) is 11.5 Å². The van der Waals surface area contributed by atoms with Gasteiger partial charge in [-0.25, -0.2) is 5.84 Å². The molecule has 2 heterocycles. The third-order valence-electron chi connectivity index (χ3n) is 9.42. The molecule has 0 aromatic heterocycles. The lowest BCUT2D eigenvalue weighted by molar-refractivity contribution is -0.230. The number of benzene rings is 1. The summed E-state index contributed by atoms with van der Waals surface area (Å²) in [6, 6.07) is 4.07. The Morgan fingerprint density at radius 3 is 2.07 bits per heavy atom. The molecule has 1 aromatic rings. The van der Waals surface area contributed by atoms with Gasteiger partial charge in [0.2, 0.25) is 6.29 Å². The molecular formula is C40H65N5O13S. The smallest absolute Gasteiger partial charge is 0.357 e. The lowest BCUT2D eigenvalue weighted by Gasteiger charge is -2.36. The summed E-state index contributed by atoms with van der Waals surface area (Å²) in [5, 5.41) is 31.1. The van der Waals surface area contributed by atoms with Gasteiger partial charge in [-0.15, -0.1) is 0 Å². The largest absolute Gasteiger partial charge is 0.461 e. The molecule has 0 radical (unpaired) electrons. The number of carbonyl (C=O) groups excluding carboxylic acids is 3. The third-order valence-corrected chi connectivity index (χ3v) is 9.74. The van der Waals surface area contributed by atoms with E-state index in [-0.39, 0.29) is 52.7 Å². The van der Waals surface area contributed by atoms with Crippen LogP contribution in [0.5, 0.6) is 11.5 Å². The Bertz CT molecular complexity index is 1680. The Morgan fingerprint density at radius 1 is 0.932 bits per heavy atom. The van der Waals surface area contributed by atoms with Crippen LogP contribution in [-0.2, 0) is 35.2 Å². The van der Waals surface area contributed by atoms with Crippen molar-refractivity contribution < 1.29 is 61.6 Å². The van der Waals surface area contributed by atoms with E-state index >= 15 is 0 Å². The molecule has 0 aliphatic carbocycles. The van der Waals surface area contributed by atoms with Crippen LogP contribution in [0.4, 0.5) is 0 Å². The van der Waals surface area contributed by atoms with Crippen molar-refractivity contribution in [2.75, 3.05) is 59.7 Å². The summed E-state index contributed by atoms with van der Waals surface area (Å²) >= 11 is -2.77. The van der Waals surface area contributed by atoms with Gasteiger partial charge in [0.1, 0.15) is 12.2 Å². The van der Waals surface area contributed by atoms with Crippen molar-refractivity contribution in [1.29, 1.82) is 0 Å². The van der Waals surface area contributed by atoms with E-state index in [0.717, 1.165) is 0 Å². The van der Waals surface area contributed by atoms with Crippen LogP contribution in [0.1, 0.15) is 78.6 Å². The predicted octanol–water partition coefficient (Wildman–Crippen LogP) is 1.91. The zero-order valence-corrected chi connectivity index (χ0v) is 36.5. The number of hydrogen-bond donors (Lipinski definition) is 6. The zero-order chi connectivity index (χ0) is 44.5. The van der Waals surface area contributed by atoms with Crippen LogP contribution in [-0.4, -0.2) is 141 Å². The van der Waals surface area contributed by atoms with E-state index in [1.165, 1.54) is 45.2 Å². The molecule has 0 saturated carbocycles. The maximum absolute atomic E-state index is 13.5. The minimum absolute atomic E-state index is 0.0558. The Balaban J connectivity index is 1.48. The normalized spacial score (nSPS) is 21.2. The quantitative estimate of drug-likeness (QED) is 0.0398. The summed E-state index contributed by atoms with van der Waals surface area (Å²) in [5.74, 6) is 5.04. The summed E-state index contributed by atoms with van der Waals surface area (Å²) in [7, 11) is 1.62. The summed E-state index contributed by atoms with van der Waals surface area (Å²) in [6.45, 7) is 17.7. The van der Waals surface area contributed by atoms with Gasteiger partial charge in [-0.2, -0.15) is 4.21 Å². The van der Waals surface area contributed by atoms with Crippen molar-refractivity contribution in [2.24, 2.45) is 33.2 Å². The molecule has 3 amide bonds. The van der Waals surface area contributed by atoms with Crippen molar-refractivity contribution >= 4 is 29.1 Å². The molecular weight excluding hydrogens is 791 g/mol. The minimum atomic E-state index is -2.77. The van der Waals surface area contributed by atoms with Crippen LogP contribution in [0.2, 0.25) is 0 Å². The molecule has 1 aromatic carbocycles. The lowest BCUT2D eigenvalue weighted by Crippen LogP contribution is -2.51. The van der Waals surface area contributed by atoms with Gasteiger partial charge in [0.05, 0.1) is 39.1 Å². The summed E-state index contributed by atoms with van der Waals surface area (Å²) in [6.07, 6.45) is -0.196. The Morgan fingerprint density at radius 2 is 1.49 bits per heavy atom. The standard InChI is InChI=1S/C40H65N5O13S/c1-37(2,22-54-25-40(7,8)21-45-32(48)12-13-33(45)49)16-27(41)17-44(42)20-39(5,6)24-55-23-38(3,4)19-43(9)36(51)26-10-11-29(30(14-26)58-59(52)53)56-34-15-28(47)35(50)31(18-46)57-34/h10-14,17,28,31,34-35,46-47,50H,15-16,18-25,41-42H2,1-9H3,(H,52,53)/b27-17-/t28?,31-,34-,35-/m1/s1. The zero-order valence-electron chi connectivity index (χ0n) is 35.7. The van der Waals surface area contributed by atoms with Crippen molar-refractivity contribution in [1.82, 2.24) is 14.8 Å². The molecule has 2 aliphatic rings. The molecule has 8 N–H and O–H groups in total. The highest BCUT2D eigenvalue weighted by molar-refractivity contribution is 7.74. The number of hydrogen-bond acceptors (Lipinski definition) is 15. The summed E-state index contributed by atoms with van der Waals surface area (Å²) < 4.78 is 49.5. The first kappa shape index (κ1) is 49.7. The van der Waals surface area contributed by atoms with Gasteiger partial charge in [-0.3, -0.25) is 23.8 Å². The van der Waals surface area contributed by atoms with Gasteiger partial charge >= 0.3 is 11.4 Å². The molecule has 2 unspecified atom stereocenters. The van der Waals surface area contributed by atoms with E-state index in [1.807, 2.05) is 55.4 Å². The Kier molecular flexibility index (Phi) is 17.5. The van der Waals surface area contributed by atoms with Gasteiger partial charge in [-0.05, 0) is 30.0 Å². The molecule has 3 rings (SSSR count). The van der Waals surface area contributed by atoms with Crippen LogP contribution < -0.4 is 20.5 Å². The first-order chi connectivity index (χ1) is 27.2. The Labute approximate surface area is 349 Å². The van der Waals surface area contributed by atoms with Crippen molar-refractivity contribution in [3.05, 3.63) is 47.8 Å². The fourth-order valence-corrected chi connectivity index (χ4v) is 7.14. The average Bonchev–Trinajstić information content (AvgIpc) is 3.40. The van der Waals surface area contributed by atoms with Gasteiger partial charge in [-0.1, -0.05) is 55.4 Å². The van der Waals surface area contributed by atoms with E-state index in [4.69, 9.17) is 34.7 Å². The first-order valence-electron chi connectivity index (χ1n) is 19.4. The number of rotatable bonds is 23. The molecule has 1 saturated heterocycles. The van der Waals surface area contributed by atoms with Crippen molar-refractivity contribution in [3.8, 4) is 11.5 Å². The summed E-state index contributed by atoms with van der Waals surface area (Å²) in [4.78, 5) is 40.1. The van der Waals surface area contributed by atoms with Crippen LogP contribution in [0.3, 0.4) is 0 Å². The van der Waals surface area contributed by atoms with E-state index in [9.17, 15) is 38.5 Å². The van der Waals surface area contributed by atoms with E-state index in [0.29, 0.717) is 51.6 Å². The number of nitrogens with zero attached hydrogens (tertiary/aromatic N) is 3. The highest BCUT2D eigenvalue weighted by Gasteiger charge is 2.38. The van der Waals surface area contributed by atoms with Gasteiger partial charge < -0.3 is 54.1 Å². The molecule has 334 valence electrons. The predicted molar refractivity (Wildman–Crippen MR) is 218 cm³/mol. The number of aliphatic hydroxyl groups is 3. The number of amides is 3. The van der Waals surface area contributed by atoms with Crippen LogP contribution in [0.25, 0.3) is 0 Å². The Hall–Kier alpha value is -3.66. The number of hydrazine groups is 1. The number of carbonyl (C=O) groups is 3. The second-order valence-electron chi connectivity index (χ2n) is 18.6. The van der Waals surface area contributed by atoms with E-state index < -0.39 is 59.3 Å². The molecule has 18 nitrogen and oxygen atoms in total. The van der Waals surface area contributed by atoms with Crippen LogP contribution in [0, 0.1) is 21.7 Å². The number of ether oxygens (including phenoxy) is 4. The molecule has 59 heavy (non-hydrogen) atoms. The topological polar surface area (TPSA) is 257 Å². The van der Waals surface area contributed by atoms with E-state index in [2.05, 4.69) is 0 Å². The monoisotopic (exact) mass is 855 g/mol. The maximum atomic E-state index is 13.5. The highest BCUT2D eigenvalue weighted by atomic mass is 32.2. The first-order valence-corrected chi connectivity index (χ1v) is 20.4. The second-order valence-corrected chi connectivity index (χ2v) is 19.2. The molecule has 1 fully saturated rings. The number of imide groups is 1. The second kappa shape index (κ2) is 20.7. The van der Waals surface area contributed by atoms with Crippen LogP contribution in [0.15, 0.2) is 42.2 Å². The molecule has 5 atom stereocenters. The van der Waals surface area contributed by atoms with Crippen molar-refractivity contribution in [3.63, 3.8) is 0 Å². The fraction of sp³-hybridized carbons (Fsp3) is 0.675. The molecule has 2 aliphatic heterocycles. The number of allylic oxidation sites excluding steroid dienone is 1. The van der Waals surface area contributed by atoms with Crippen LogP contribution >= 0.6 is 0 Å². The number of aliphatic hydroxyl groups excluding tert-OH is 3. The SMILES string of the molecule is CN(CC(C)(C)COCC(C)(C)CN(N)/C=C(\N)CC(C)(C)COCC(C)(C)CN1C(=O)C=CC1=O)C(=O)c1ccc(O[C@H]2CC(O)[C@@H](O)[C@@H](CO)O2)c(OS(=O)O)c1. The third kappa shape index (κ3) is 16.0. The fourth-order valence-electron chi connectivity index (χ4n) is 6.86. The van der Waals surface area contributed by atoms with E-state index in [1.54, 1.807) is 13.2 Å². The maximum Gasteiger partial charge on any atom is 0.357 e. The number of nitrogens with two attached hydrogens (primary N) is 2. The molecule has 0 bridgehead atoms.